The summed E-state index contributed by atoms with van der Waals surface area (Å²) in [5.41, 5.74) is 0. The standard InChI is InChI=1S/C18H31N7O2/c1-13-21-16-8-7-14(12-25(16)23-13)22-18(20-11-17(26)24(2)3)19-10-15-6-4-5-9-27-15/h14-15H,4-12H2,1-3H3,(H2,19,20,22). The van der Waals surface area contributed by atoms with Crippen molar-refractivity contribution in [3.63, 3.8) is 0 Å². The number of nitrogens with zero attached hydrogens (tertiary/aromatic N) is 5. The van der Waals surface area contributed by atoms with Crippen molar-refractivity contribution in [3.05, 3.63) is 11.6 Å². The number of carbonyl (C=O) groups is 1. The average molecular weight is 377 g/mol. The van der Waals surface area contributed by atoms with Crippen molar-refractivity contribution >= 4 is 11.9 Å². The van der Waals surface area contributed by atoms with E-state index in [0.29, 0.717) is 12.5 Å². The van der Waals surface area contributed by atoms with Crippen molar-refractivity contribution in [1.82, 2.24) is 30.3 Å². The lowest BCUT2D eigenvalue weighted by Crippen LogP contribution is -2.49. The zero-order valence-electron chi connectivity index (χ0n) is 16.6. The van der Waals surface area contributed by atoms with E-state index in [4.69, 9.17) is 4.74 Å². The monoisotopic (exact) mass is 377 g/mol. The van der Waals surface area contributed by atoms with Gasteiger partial charge in [0.2, 0.25) is 5.91 Å². The fraction of sp³-hybridized carbons (Fsp3) is 0.778. The van der Waals surface area contributed by atoms with E-state index < -0.39 is 0 Å². The number of hydrogen-bond donors (Lipinski definition) is 2. The van der Waals surface area contributed by atoms with E-state index in [1.165, 1.54) is 6.42 Å². The van der Waals surface area contributed by atoms with Crippen molar-refractivity contribution in [1.29, 1.82) is 0 Å². The Labute approximate surface area is 160 Å². The van der Waals surface area contributed by atoms with Crippen molar-refractivity contribution < 1.29 is 9.53 Å². The molecule has 0 bridgehead atoms. The van der Waals surface area contributed by atoms with Gasteiger partial charge in [0, 0.05) is 39.7 Å². The Balaban J connectivity index is 1.60. The molecule has 0 aromatic carbocycles. The first-order valence-corrected chi connectivity index (χ1v) is 9.78. The summed E-state index contributed by atoms with van der Waals surface area (Å²) in [4.78, 5) is 22.4. The van der Waals surface area contributed by atoms with Crippen LogP contribution in [0.25, 0.3) is 0 Å². The Morgan fingerprint density at radius 3 is 2.96 bits per heavy atom. The molecule has 0 spiro atoms. The third kappa shape index (κ3) is 5.66. The van der Waals surface area contributed by atoms with E-state index in [0.717, 1.165) is 50.5 Å². The van der Waals surface area contributed by atoms with Crippen molar-refractivity contribution in [2.24, 2.45) is 4.99 Å². The molecule has 9 heteroatoms. The predicted molar refractivity (Wildman–Crippen MR) is 103 cm³/mol. The lowest BCUT2D eigenvalue weighted by molar-refractivity contribution is -0.127. The summed E-state index contributed by atoms with van der Waals surface area (Å²) in [6.45, 7) is 4.30. The molecule has 9 nitrogen and oxygen atoms in total. The quantitative estimate of drug-likeness (QED) is 0.558. The predicted octanol–water partition coefficient (Wildman–Crippen LogP) is 0.0938. The van der Waals surface area contributed by atoms with Crippen LogP contribution in [0.15, 0.2) is 4.99 Å². The number of likely N-dealkylation sites (N-methyl/N-ethyl adjacent to an activating group) is 1. The molecule has 2 unspecified atom stereocenters. The minimum atomic E-state index is -0.0251. The van der Waals surface area contributed by atoms with Crippen LogP contribution in [0.1, 0.15) is 37.3 Å². The molecule has 1 fully saturated rings. The molecule has 1 amide bonds. The number of aliphatic imine (C=N–C) groups is 1. The summed E-state index contributed by atoms with van der Waals surface area (Å²) in [5.74, 6) is 2.48. The van der Waals surface area contributed by atoms with Gasteiger partial charge in [-0.15, -0.1) is 0 Å². The highest BCUT2D eigenvalue weighted by molar-refractivity contribution is 5.84. The molecule has 2 aliphatic heterocycles. The zero-order chi connectivity index (χ0) is 19.2. The van der Waals surface area contributed by atoms with Crippen LogP contribution >= 0.6 is 0 Å². The van der Waals surface area contributed by atoms with Crippen LogP contribution in [0.2, 0.25) is 0 Å². The first-order valence-electron chi connectivity index (χ1n) is 9.78. The lowest BCUT2D eigenvalue weighted by atomic mass is 10.1. The summed E-state index contributed by atoms with van der Waals surface area (Å²) in [5, 5.41) is 11.3. The topological polar surface area (TPSA) is 96.7 Å². The van der Waals surface area contributed by atoms with Crippen LogP contribution < -0.4 is 10.6 Å². The molecule has 0 saturated carbocycles. The van der Waals surface area contributed by atoms with Gasteiger partial charge in [-0.3, -0.25) is 4.79 Å². The number of rotatable bonds is 5. The number of guanidine groups is 1. The number of amides is 1. The second-order valence-corrected chi connectivity index (χ2v) is 7.46. The Morgan fingerprint density at radius 2 is 2.22 bits per heavy atom. The summed E-state index contributed by atoms with van der Waals surface area (Å²) >= 11 is 0. The summed E-state index contributed by atoms with van der Waals surface area (Å²) in [6, 6.07) is 0.201. The van der Waals surface area contributed by atoms with Crippen molar-refractivity contribution in [3.8, 4) is 0 Å². The van der Waals surface area contributed by atoms with E-state index >= 15 is 0 Å². The number of hydrogen-bond acceptors (Lipinski definition) is 5. The SMILES string of the molecule is Cc1nc2n(n1)CC(NC(=NCC(=O)N(C)C)NCC1CCCCO1)CC2. The highest BCUT2D eigenvalue weighted by Crippen LogP contribution is 2.13. The zero-order valence-corrected chi connectivity index (χ0v) is 16.6. The third-order valence-corrected chi connectivity index (χ3v) is 4.95. The summed E-state index contributed by atoms with van der Waals surface area (Å²) in [7, 11) is 3.48. The molecular weight excluding hydrogens is 346 g/mol. The second-order valence-electron chi connectivity index (χ2n) is 7.46. The van der Waals surface area contributed by atoms with Crippen molar-refractivity contribution in [2.45, 2.75) is 57.7 Å². The van der Waals surface area contributed by atoms with Gasteiger partial charge in [0.1, 0.15) is 18.2 Å². The number of nitrogens with one attached hydrogen (secondary N) is 2. The highest BCUT2D eigenvalue weighted by Gasteiger charge is 2.22. The molecule has 1 aromatic heterocycles. The molecule has 0 radical (unpaired) electrons. The molecule has 27 heavy (non-hydrogen) atoms. The Bertz CT molecular complexity index is 665. The van der Waals surface area contributed by atoms with E-state index in [9.17, 15) is 4.79 Å². The molecule has 0 aliphatic carbocycles. The van der Waals surface area contributed by atoms with E-state index in [1.807, 2.05) is 11.6 Å². The number of ether oxygens (including phenoxy) is 1. The lowest BCUT2D eigenvalue weighted by Gasteiger charge is -2.27. The Kier molecular flexibility index (Phi) is 6.65. The van der Waals surface area contributed by atoms with E-state index in [1.54, 1.807) is 19.0 Å². The molecule has 3 rings (SSSR count). The number of aromatic nitrogens is 3. The molecule has 2 aliphatic rings. The van der Waals surface area contributed by atoms with Gasteiger partial charge in [-0.1, -0.05) is 0 Å². The second kappa shape index (κ2) is 9.16. The van der Waals surface area contributed by atoms with Crippen LogP contribution in [0.5, 0.6) is 0 Å². The number of fused-ring (bicyclic) bond motifs is 1. The van der Waals surface area contributed by atoms with Gasteiger partial charge in [0.25, 0.3) is 0 Å². The Morgan fingerprint density at radius 1 is 1.37 bits per heavy atom. The molecule has 2 atom stereocenters. The minimum absolute atomic E-state index is 0.0251. The van der Waals surface area contributed by atoms with Gasteiger partial charge in [0.15, 0.2) is 5.96 Å². The highest BCUT2D eigenvalue weighted by atomic mass is 16.5. The maximum absolute atomic E-state index is 11.9. The van der Waals surface area contributed by atoms with E-state index in [2.05, 4.69) is 25.7 Å². The molecule has 1 aromatic rings. The third-order valence-electron chi connectivity index (χ3n) is 4.95. The molecule has 2 N–H and O–H groups in total. The van der Waals surface area contributed by atoms with Gasteiger partial charge in [0.05, 0.1) is 12.6 Å². The maximum atomic E-state index is 11.9. The van der Waals surface area contributed by atoms with Gasteiger partial charge >= 0.3 is 0 Å². The van der Waals surface area contributed by atoms with Gasteiger partial charge in [-0.2, -0.15) is 5.10 Å². The number of aryl methyl sites for hydroxylation is 2. The van der Waals surface area contributed by atoms with Crippen LogP contribution in [0.3, 0.4) is 0 Å². The number of carbonyl (C=O) groups excluding carboxylic acids is 1. The molecule has 150 valence electrons. The largest absolute Gasteiger partial charge is 0.376 e. The van der Waals surface area contributed by atoms with E-state index in [-0.39, 0.29) is 24.6 Å². The maximum Gasteiger partial charge on any atom is 0.243 e. The fourth-order valence-corrected chi connectivity index (χ4v) is 3.36. The van der Waals surface area contributed by atoms with Crippen LogP contribution in [-0.4, -0.2) is 77.5 Å². The van der Waals surface area contributed by atoms with Crippen LogP contribution in [0, 0.1) is 6.92 Å². The van der Waals surface area contributed by atoms with Gasteiger partial charge in [-0.25, -0.2) is 14.7 Å². The average Bonchev–Trinajstić information content (AvgIpc) is 3.03. The van der Waals surface area contributed by atoms with Crippen LogP contribution in [-0.2, 0) is 22.5 Å². The van der Waals surface area contributed by atoms with Crippen LogP contribution in [0.4, 0.5) is 0 Å². The molecule has 1 saturated heterocycles. The first kappa shape index (κ1) is 19.6. The van der Waals surface area contributed by atoms with Crippen molar-refractivity contribution in [2.75, 3.05) is 33.8 Å². The van der Waals surface area contributed by atoms with Gasteiger partial charge in [-0.05, 0) is 32.6 Å². The Hall–Kier alpha value is -2.16. The smallest absolute Gasteiger partial charge is 0.243 e. The summed E-state index contributed by atoms with van der Waals surface area (Å²) in [6.07, 6.45) is 5.43. The normalized spacial score (nSPS) is 22.9. The molecular formula is C18H31N7O2. The minimum Gasteiger partial charge on any atom is -0.376 e. The van der Waals surface area contributed by atoms with Gasteiger partial charge < -0.3 is 20.3 Å². The fourth-order valence-electron chi connectivity index (χ4n) is 3.36. The first-order chi connectivity index (χ1) is 13.0. The summed E-state index contributed by atoms with van der Waals surface area (Å²) < 4.78 is 7.75. The molecule has 3 heterocycles.